The summed E-state index contributed by atoms with van der Waals surface area (Å²) >= 11 is 0. The Hall–Kier alpha value is -4.53. The molecule has 2 aliphatic heterocycles. The molecule has 4 atom stereocenters. The third-order valence-electron chi connectivity index (χ3n) is 7.94. The van der Waals surface area contributed by atoms with Gasteiger partial charge in [-0.05, 0) is 50.6 Å². The molecule has 0 bridgehead atoms. The van der Waals surface area contributed by atoms with E-state index in [2.05, 4.69) is 16.4 Å². The quantitative estimate of drug-likeness (QED) is 0.450. The van der Waals surface area contributed by atoms with Gasteiger partial charge in [0.05, 0.1) is 36.5 Å². The molecule has 6 rings (SSSR count). The number of fused-ring (bicyclic) bond motifs is 1. The Morgan fingerprint density at radius 1 is 1.15 bits per heavy atom. The first kappa shape index (κ1) is 26.7. The zero-order valence-electron chi connectivity index (χ0n) is 22.8. The van der Waals surface area contributed by atoms with Crippen LogP contribution in [0.25, 0.3) is 11.1 Å². The fraction of sp³-hybridized carbons (Fsp3) is 0.414. The van der Waals surface area contributed by atoms with Crippen LogP contribution in [0.5, 0.6) is 0 Å². The number of nitriles is 1. The van der Waals surface area contributed by atoms with Gasteiger partial charge in [0.15, 0.2) is 0 Å². The minimum Gasteiger partial charge on any atom is -0.444 e. The molecule has 41 heavy (non-hydrogen) atoms. The molecule has 2 amide bonds. The number of hydrogen-bond acceptors (Lipinski definition) is 7. The van der Waals surface area contributed by atoms with Gasteiger partial charge in [0.1, 0.15) is 23.3 Å². The number of aromatic nitrogens is 3. The van der Waals surface area contributed by atoms with Gasteiger partial charge < -0.3 is 14.4 Å². The number of benzene rings is 2. The van der Waals surface area contributed by atoms with Crippen molar-refractivity contribution in [2.45, 2.75) is 44.4 Å². The average Bonchev–Trinajstić information content (AvgIpc) is 3.42. The molecule has 0 spiro atoms. The zero-order chi connectivity index (χ0) is 29.1. The van der Waals surface area contributed by atoms with Crippen molar-refractivity contribution in [3.05, 3.63) is 66.0 Å². The van der Waals surface area contributed by atoms with E-state index in [1.807, 2.05) is 0 Å². The third kappa shape index (κ3) is 4.65. The molecule has 10 nitrogen and oxygen atoms in total. The van der Waals surface area contributed by atoms with Crippen molar-refractivity contribution >= 4 is 17.9 Å². The second-order valence-corrected chi connectivity index (χ2v) is 11.7. The van der Waals surface area contributed by atoms with Gasteiger partial charge >= 0.3 is 12.2 Å². The van der Waals surface area contributed by atoms with E-state index < -0.39 is 40.9 Å². The Balaban J connectivity index is 1.16. The predicted octanol–water partition coefficient (Wildman–Crippen LogP) is 4.51. The van der Waals surface area contributed by atoms with Crippen LogP contribution in [0.15, 0.2) is 48.8 Å². The molecule has 212 valence electrons. The molecular formula is C29H28F2N6O4. The second kappa shape index (κ2) is 9.54. The Morgan fingerprint density at radius 2 is 1.90 bits per heavy atom. The van der Waals surface area contributed by atoms with E-state index in [0.717, 1.165) is 0 Å². The maximum absolute atomic E-state index is 15.5. The highest BCUT2D eigenvalue weighted by Gasteiger charge is 2.71. The van der Waals surface area contributed by atoms with Crippen LogP contribution >= 0.6 is 0 Å². The lowest BCUT2D eigenvalue weighted by atomic mass is 9.89. The number of rotatable bonds is 5. The fourth-order valence-electron chi connectivity index (χ4n) is 6.02. The predicted molar refractivity (Wildman–Crippen MR) is 142 cm³/mol. The molecule has 3 aliphatic rings. The highest BCUT2D eigenvalue weighted by molar-refractivity contribution is 5.90. The van der Waals surface area contributed by atoms with Crippen molar-refractivity contribution in [3.8, 4) is 17.2 Å². The Bertz CT molecular complexity index is 1550. The summed E-state index contributed by atoms with van der Waals surface area (Å²) in [6, 6.07) is 10.9. The van der Waals surface area contributed by atoms with Crippen molar-refractivity contribution < 1.29 is 27.8 Å². The highest BCUT2D eigenvalue weighted by atomic mass is 19.1. The topological polar surface area (TPSA) is 114 Å². The Morgan fingerprint density at radius 3 is 2.51 bits per heavy atom. The van der Waals surface area contributed by atoms with Crippen molar-refractivity contribution in [1.82, 2.24) is 19.9 Å². The van der Waals surface area contributed by atoms with Gasteiger partial charge in [0.25, 0.3) is 0 Å². The maximum Gasteiger partial charge on any atom is 0.414 e. The summed E-state index contributed by atoms with van der Waals surface area (Å²) < 4.78 is 43.1. The molecule has 3 aromatic rings. The van der Waals surface area contributed by atoms with Gasteiger partial charge in [-0.1, -0.05) is 17.3 Å². The van der Waals surface area contributed by atoms with Crippen LogP contribution in [0, 0.1) is 34.8 Å². The minimum atomic E-state index is -1.04. The molecule has 3 heterocycles. The number of hydrogen-bond donors (Lipinski definition) is 0. The van der Waals surface area contributed by atoms with Gasteiger partial charge in [-0.25, -0.2) is 23.1 Å². The number of cyclic esters (lactones) is 1. The summed E-state index contributed by atoms with van der Waals surface area (Å²) in [6.07, 6.45) is 1.66. The lowest BCUT2D eigenvalue weighted by Crippen LogP contribution is -2.39. The largest absolute Gasteiger partial charge is 0.444 e. The van der Waals surface area contributed by atoms with Gasteiger partial charge in [-0.2, -0.15) is 5.26 Å². The molecule has 0 N–H and O–H groups in total. The summed E-state index contributed by atoms with van der Waals surface area (Å²) in [5.41, 5.74) is -0.648. The normalized spacial score (nSPS) is 25.1. The van der Waals surface area contributed by atoms with Crippen LogP contribution in [0.4, 0.5) is 24.1 Å². The summed E-state index contributed by atoms with van der Waals surface area (Å²) in [7, 11) is 0. The maximum atomic E-state index is 15.5. The first-order valence-electron chi connectivity index (χ1n) is 13.3. The molecule has 1 aliphatic carbocycles. The van der Waals surface area contributed by atoms with Crippen molar-refractivity contribution in [2.75, 3.05) is 24.5 Å². The van der Waals surface area contributed by atoms with Crippen LogP contribution in [0.3, 0.4) is 0 Å². The van der Waals surface area contributed by atoms with E-state index in [0.29, 0.717) is 30.9 Å². The van der Waals surface area contributed by atoms with Gasteiger partial charge in [0.2, 0.25) is 0 Å². The lowest BCUT2D eigenvalue weighted by molar-refractivity contribution is 0.0265. The molecule has 2 unspecified atom stereocenters. The number of halogens is 2. The van der Waals surface area contributed by atoms with Gasteiger partial charge in [0, 0.05) is 42.2 Å². The van der Waals surface area contributed by atoms with Gasteiger partial charge in [-0.3, -0.25) is 4.90 Å². The van der Waals surface area contributed by atoms with E-state index in [4.69, 9.17) is 9.47 Å². The summed E-state index contributed by atoms with van der Waals surface area (Å²) in [5.74, 6) is -1.65. The van der Waals surface area contributed by atoms with Crippen molar-refractivity contribution in [1.29, 1.82) is 5.26 Å². The Labute approximate surface area is 235 Å². The van der Waals surface area contributed by atoms with Crippen LogP contribution in [-0.4, -0.2) is 63.4 Å². The van der Waals surface area contributed by atoms with E-state index in [1.54, 1.807) is 48.7 Å². The van der Waals surface area contributed by atoms with Crippen LogP contribution < -0.4 is 4.90 Å². The number of amides is 2. The number of carbonyl (C=O) groups is 2. The molecule has 3 fully saturated rings. The molecule has 1 saturated carbocycles. The summed E-state index contributed by atoms with van der Waals surface area (Å²) in [6.45, 7) is 6.50. The van der Waals surface area contributed by atoms with E-state index >= 15 is 8.78 Å². The van der Waals surface area contributed by atoms with Crippen molar-refractivity contribution in [2.24, 2.45) is 11.8 Å². The summed E-state index contributed by atoms with van der Waals surface area (Å²) in [5, 5.41) is 17.7. The standard InChI is InChI=1S/C29H28F2N6O4/c1-28(2,3)41-26(38)35-14-22-23(15-35)29(22,16-32)21-7-4-17(10-25(21)31)20-6-5-18(11-24(20)30)37-13-19(40-27(37)39)12-36-9-8-33-34-36/h4-11,19,22-23H,12-15H2,1-3H3/t19-,22+,23?,29?/m0/s1. The zero-order valence-corrected chi connectivity index (χ0v) is 22.8. The average molecular weight is 563 g/mol. The number of nitrogens with zero attached hydrogens (tertiary/aromatic N) is 6. The first-order valence-corrected chi connectivity index (χ1v) is 13.3. The lowest BCUT2D eigenvalue weighted by Gasteiger charge is -2.27. The molecule has 0 radical (unpaired) electrons. The molecule has 2 aromatic carbocycles. The third-order valence-corrected chi connectivity index (χ3v) is 7.94. The number of anilines is 1. The van der Waals surface area contributed by atoms with Crippen LogP contribution in [-0.2, 0) is 21.4 Å². The minimum absolute atomic E-state index is 0.157. The van der Waals surface area contributed by atoms with Crippen LogP contribution in [0.2, 0.25) is 0 Å². The van der Waals surface area contributed by atoms with Crippen molar-refractivity contribution in [3.63, 3.8) is 0 Å². The van der Waals surface area contributed by atoms with E-state index in [-0.39, 0.29) is 29.5 Å². The number of likely N-dealkylation sites (tertiary alicyclic amines) is 1. The molecular weight excluding hydrogens is 534 g/mol. The number of piperidine rings is 1. The Kier molecular flexibility index (Phi) is 6.21. The SMILES string of the molecule is CC(C)(C)OC(=O)N1CC2[C@@H](C1)C2(C#N)c1ccc(-c2ccc(N3C[C@H](Cn4ccnn4)OC3=O)cc2F)cc1F. The van der Waals surface area contributed by atoms with Crippen LogP contribution in [0.1, 0.15) is 26.3 Å². The fourth-order valence-corrected chi connectivity index (χ4v) is 6.02. The second-order valence-electron chi connectivity index (χ2n) is 11.7. The number of carbonyl (C=O) groups excluding carboxylic acids is 2. The van der Waals surface area contributed by atoms with Gasteiger partial charge in [-0.15, -0.1) is 5.10 Å². The molecule has 1 aromatic heterocycles. The molecule has 2 saturated heterocycles. The first-order chi connectivity index (χ1) is 19.5. The van der Waals surface area contributed by atoms with E-state index in [1.165, 1.54) is 35.4 Å². The highest BCUT2D eigenvalue weighted by Crippen LogP contribution is 2.63. The smallest absolute Gasteiger partial charge is 0.414 e. The van der Waals surface area contributed by atoms with E-state index in [9.17, 15) is 14.9 Å². The summed E-state index contributed by atoms with van der Waals surface area (Å²) in [4.78, 5) is 27.8. The number of ether oxygens (including phenoxy) is 2. The molecule has 12 heteroatoms. The monoisotopic (exact) mass is 562 g/mol.